The van der Waals surface area contributed by atoms with Gasteiger partial charge >= 0.3 is 0 Å². The summed E-state index contributed by atoms with van der Waals surface area (Å²) < 4.78 is 33.7. The molecule has 0 radical (unpaired) electrons. The van der Waals surface area contributed by atoms with E-state index in [2.05, 4.69) is 71.1 Å². The summed E-state index contributed by atoms with van der Waals surface area (Å²) in [6.07, 6.45) is 0. The minimum Gasteiger partial charge on any atom is -0.309 e. The van der Waals surface area contributed by atoms with Gasteiger partial charge in [-0.1, -0.05) is 170 Å². The van der Waals surface area contributed by atoms with Gasteiger partial charge in [0.15, 0.2) is 14.3 Å². The SMILES string of the molecule is O=P(c1ccccc1)(c1ccccc1)c1ccc2ccccc2c1-c1c(P(=O)(c2ccccc2)c2ccccc2)ccc2c(I)cccc12. The summed E-state index contributed by atoms with van der Waals surface area (Å²) in [4.78, 5) is 0. The molecule has 0 aliphatic heterocycles. The molecular weight excluding hydrogens is 749 g/mol. The van der Waals surface area contributed by atoms with E-state index in [4.69, 9.17) is 0 Å². The van der Waals surface area contributed by atoms with E-state index < -0.39 is 14.3 Å². The molecule has 8 aromatic carbocycles. The van der Waals surface area contributed by atoms with Crippen LogP contribution in [-0.2, 0) is 9.13 Å². The Bertz CT molecular complexity index is 2470. The van der Waals surface area contributed by atoms with Crippen molar-refractivity contribution in [2.24, 2.45) is 0 Å². The number of halogens is 1. The van der Waals surface area contributed by atoms with Crippen LogP contribution in [0.5, 0.6) is 0 Å². The molecule has 8 rings (SSSR count). The van der Waals surface area contributed by atoms with Gasteiger partial charge < -0.3 is 9.13 Å². The topological polar surface area (TPSA) is 34.1 Å². The first-order valence-electron chi connectivity index (χ1n) is 16.2. The number of hydrogen-bond donors (Lipinski definition) is 0. The summed E-state index contributed by atoms with van der Waals surface area (Å²) in [5.41, 5.74) is 1.70. The molecule has 0 unspecified atom stereocenters. The van der Waals surface area contributed by atoms with E-state index in [0.717, 1.165) is 68.1 Å². The zero-order valence-electron chi connectivity index (χ0n) is 26.5. The molecule has 0 aliphatic rings. The van der Waals surface area contributed by atoms with Crippen LogP contribution in [0.15, 0.2) is 188 Å². The normalized spacial score (nSPS) is 11.9. The molecule has 0 saturated carbocycles. The van der Waals surface area contributed by atoms with Gasteiger partial charge in [0.25, 0.3) is 0 Å². The maximum absolute atomic E-state index is 16.3. The fourth-order valence-electron chi connectivity index (χ4n) is 7.02. The standard InChI is InChI=1S/C44H31IO2P2/c45-40-27-15-26-39-38(40)29-31-42(49(47,35-21-9-3-10-22-35)36-23-11-4-12-24-36)44(39)43-37-25-14-13-16-32(37)28-30-41(43)48(46,33-17-5-1-6-18-33)34-19-7-2-8-20-34/h1-31H. The Hall–Kier alpha value is -4.53. The van der Waals surface area contributed by atoms with Gasteiger partial charge in [0.05, 0.1) is 0 Å². The lowest BCUT2D eigenvalue weighted by molar-refractivity contribution is 0.591. The summed E-state index contributed by atoms with van der Waals surface area (Å²) >= 11 is 2.39. The van der Waals surface area contributed by atoms with Crippen molar-refractivity contribution in [3.8, 4) is 11.1 Å². The Balaban J connectivity index is 1.61. The zero-order chi connectivity index (χ0) is 33.4. The Labute approximate surface area is 300 Å². The molecule has 236 valence electrons. The molecule has 2 nitrogen and oxygen atoms in total. The summed E-state index contributed by atoms with van der Waals surface area (Å²) in [5.74, 6) is 0. The molecule has 0 N–H and O–H groups in total. The van der Waals surface area contributed by atoms with E-state index in [1.54, 1.807) is 0 Å². The van der Waals surface area contributed by atoms with Crippen LogP contribution in [0.4, 0.5) is 0 Å². The zero-order valence-corrected chi connectivity index (χ0v) is 30.4. The van der Waals surface area contributed by atoms with E-state index in [1.165, 1.54) is 0 Å². The smallest absolute Gasteiger partial charge is 0.171 e. The van der Waals surface area contributed by atoms with Gasteiger partial charge in [-0.05, 0) is 62.3 Å². The number of rotatable bonds is 7. The van der Waals surface area contributed by atoms with Crippen molar-refractivity contribution < 1.29 is 9.13 Å². The third kappa shape index (κ3) is 5.33. The highest BCUT2D eigenvalue weighted by molar-refractivity contribution is 14.1. The van der Waals surface area contributed by atoms with Crippen LogP contribution in [0, 0.1) is 3.57 Å². The second-order valence-corrected chi connectivity index (χ2v) is 18.7. The molecule has 5 heteroatoms. The first-order chi connectivity index (χ1) is 24.0. The van der Waals surface area contributed by atoms with Gasteiger partial charge in [-0.2, -0.15) is 0 Å². The summed E-state index contributed by atoms with van der Waals surface area (Å²) in [7, 11) is -6.97. The van der Waals surface area contributed by atoms with Crippen LogP contribution < -0.4 is 31.8 Å². The molecule has 0 saturated heterocycles. The lowest BCUT2D eigenvalue weighted by Crippen LogP contribution is -2.30. The highest BCUT2D eigenvalue weighted by atomic mass is 127. The van der Waals surface area contributed by atoms with Gasteiger partial charge in [0.1, 0.15) is 0 Å². The third-order valence-corrected chi connectivity index (χ3v) is 16.4. The predicted octanol–water partition coefficient (Wildman–Crippen LogP) is 9.54. The average Bonchev–Trinajstić information content (AvgIpc) is 3.18. The third-order valence-electron chi connectivity index (χ3n) is 9.30. The summed E-state index contributed by atoms with van der Waals surface area (Å²) in [5, 5.41) is 8.49. The Kier molecular flexibility index (Phi) is 8.46. The van der Waals surface area contributed by atoms with Crippen LogP contribution in [0.25, 0.3) is 32.7 Å². The largest absolute Gasteiger partial charge is 0.309 e. The van der Waals surface area contributed by atoms with Gasteiger partial charge in [0.2, 0.25) is 0 Å². The number of fused-ring (bicyclic) bond motifs is 2. The maximum atomic E-state index is 16.3. The highest BCUT2D eigenvalue weighted by Gasteiger charge is 2.38. The van der Waals surface area contributed by atoms with Gasteiger partial charge in [-0.3, -0.25) is 0 Å². The van der Waals surface area contributed by atoms with Crippen LogP contribution in [0.3, 0.4) is 0 Å². The first kappa shape index (κ1) is 31.7. The Morgan fingerprint density at radius 3 is 1.20 bits per heavy atom. The van der Waals surface area contributed by atoms with Crippen LogP contribution in [0.1, 0.15) is 0 Å². The molecule has 0 aliphatic carbocycles. The molecule has 0 heterocycles. The van der Waals surface area contributed by atoms with E-state index in [9.17, 15) is 0 Å². The number of hydrogen-bond acceptors (Lipinski definition) is 2. The lowest BCUT2D eigenvalue weighted by atomic mass is 9.93. The first-order valence-corrected chi connectivity index (χ1v) is 20.7. The predicted molar refractivity (Wildman–Crippen MR) is 218 cm³/mol. The molecule has 0 amide bonds. The van der Waals surface area contributed by atoms with E-state index in [1.807, 2.05) is 140 Å². The summed E-state index contributed by atoms with van der Waals surface area (Å²) in [6, 6.07) is 62.1. The lowest BCUT2D eigenvalue weighted by Gasteiger charge is -2.28. The van der Waals surface area contributed by atoms with Gasteiger partial charge in [-0.15, -0.1) is 0 Å². The molecule has 8 aromatic rings. The Morgan fingerprint density at radius 2 is 0.714 bits per heavy atom. The van der Waals surface area contributed by atoms with Crippen molar-refractivity contribution in [2.75, 3.05) is 0 Å². The van der Waals surface area contributed by atoms with Crippen molar-refractivity contribution in [2.45, 2.75) is 0 Å². The van der Waals surface area contributed by atoms with Crippen molar-refractivity contribution in [1.29, 1.82) is 0 Å². The molecule has 0 aromatic heterocycles. The molecule has 0 bridgehead atoms. The molecule has 0 fully saturated rings. The van der Waals surface area contributed by atoms with Crippen molar-refractivity contribution in [3.63, 3.8) is 0 Å². The minimum atomic E-state index is -3.49. The Morgan fingerprint density at radius 1 is 0.327 bits per heavy atom. The van der Waals surface area contributed by atoms with E-state index in [0.29, 0.717) is 0 Å². The van der Waals surface area contributed by atoms with E-state index >= 15 is 9.13 Å². The second-order valence-electron chi connectivity index (χ2n) is 12.0. The molecular formula is C44H31IO2P2. The van der Waals surface area contributed by atoms with E-state index in [-0.39, 0.29) is 0 Å². The average molecular weight is 781 g/mol. The number of benzene rings is 8. The quantitative estimate of drug-likeness (QED) is 0.119. The van der Waals surface area contributed by atoms with Crippen molar-refractivity contribution >= 4 is 90.2 Å². The summed E-state index contributed by atoms with van der Waals surface area (Å²) in [6.45, 7) is 0. The van der Waals surface area contributed by atoms with Crippen molar-refractivity contribution in [3.05, 3.63) is 192 Å². The molecule has 0 spiro atoms. The second kappa shape index (κ2) is 13.1. The fraction of sp³-hybridized carbons (Fsp3) is 0. The minimum absolute atomic E-state index is 0.726. The maximum Gasteiger partial charge on any atom is 0.171 e. The van der Waals surface area contributed by atoms with Gasteiger partial charge in [0, 0.05) is 46.5 Å². The molecule has 0 atom stereocenters. The van der Waals surface area contributed by atoms with Crippen LogP contribution in [0.2, 0.25) is 0 Å². The van der Waals surface area contributed by atoms with Crippen molar-refractivity contribution in [1.82, 2.24) is 0 Å². The van der Waals surface area contributed by atoms with Gasteiger partial charge in [-0.25, -0.2) is 0 Å². The highest BCUT2D eigenvalue weighted by Crippen LogP contribution is 2.51. The van der Waals surface area contributed by atoms with Crippen LogP contribution >= 0.6 is 36.9 Å². The van der Waals surface area contributed by atoms with Crippen LogP contribution in [-0.4, -0.2) is 0 Å². The monoisotopic (exact) mass is 780 g/mol. The molecule has 49 heavy (non-hydrogen) atoms. The fourth-order valence-corrected chi connectivity index (χ4v) is 13.4.